The molecule has 1 heterocycles. The quantitative estimate of drug-likeness (QED) is 0.272. The average molecular weight is 526 g/mol. The van der Waals surface area contributed by atoms with Crippen LogP contribution in [0.2, 0.25) is 0 Å². The fourth-order valence-corrected chi connectivity index (χ4v) is 4.95. The third-order valence-corrected chi connectivity index (χ3v) is 7.46. The van der Waals surface area contributed by atoms with Crippen molar-refractivity contribution in [3.63, 3.8) is 0 Å². The molecule has 8 nitrogen and oxygen atoms in total. The maximum absolute atomic E-state index is 12.9. The fraction of sp³-hybridized carbons (Fsp3) is 0.258. The Kier molecular flexibility index (Phi) is 6.87. The summed E-state index contributed by atoms with van der Waals surface area (Å²) < 4.78 is 12.7. The van der Waals surface area contributed by atoms with Gasteiger partial charge in [-0.15, -0.1) is 0 Å². The molecule has 0 spiro atoms. The van der Waals surface area contributed by atoms with Crippen LogP contribution in [0.4, 0.5) is 10.6 Å². The van der Waals surface area contributed by atoms with E-state index in [0.717, 1.165) is 33.4 Å². The monoisotopic (exact) mass is 525 g/mol. The zero-order valence-corrected chi connectivity index (χ0v) is 22.4. The van der Waals surface area contributed by atoms with Gasteiger partial charge >= 0.3 is 12.1 Å². The van der Waals surface area contributed by atoms with Crippen LogP contribution in [0.5, 0.6) is 6.01 Å². The van der Waals surface area contributed by atoms with Gasteiger partial charge in [0.25, 0.3) is 6.01 Å². The topological polar surface area (TPSA) is 103 Å². The van der Waals surface area contributed by atoms with Gasteiger partial charge in [0.1, 0.15) is 17.6 Å². The molecule has 39 heavy (non-hydrogen) atoms. The van der Waals surface area contributed by atoms with Crippen molar-refractivity contribution in [1.82, 2.24) is 9.55 Å². The Labute approximate surface area is 227 Å². The lowest BCUT2D eigenvalue weighted by molar-refractivity contribution is -0.140. The molecule has 200 valence electrons. The van der Waals surface area contributed by atoms with E-state index in [1.165, 1.54) is 7.11 Å². The SMILES string of the molecule is COc1nc(-c2ccc(-c3ccc(C4(C(=O)O)CC4)cc3)cc2)c(NC(=O)OC(C)c2ccccc2C)n1C. The van der Waals surface area contributed by atoms with Crippen LogP contribution in [-0.2, 0) is 22.0 Å². The predicted octanol–water partition coefficient (Wildman–Crippen LogP) is 6.50. The van der Waals surface area contributed by atoms with Crippen LogP contribution >= 0.6 is 0 Å². The number of methoxy groups -OCH3 is 1. The van der Waals surface area contributed by atoms with Gasteiger partial charge in [-0.3, -0.25) is 14.7 Å². The number of amides is 1. The van der Waals surface area contributed by atoms with Crippen LogP contribution < -0.4 is 10.1 Å². The number of rotatable bonds is 8. The first kappa shape index (κ1) is 26.0. The second kappa shape index (κ2) is 10.3. The molecule has 2 N–H and O–H groups in total. The number of carboxylic acid groups (broad SMARTS) is 1. The number of imidazole rings is 1. The highest BCUT2D eigenvalue weighted by Crippen LogP contribution is 2.48. The fourth-order valence-electron chi connectivity index (χ4n) is 4.95. The van der Waals surface area contributed by atoms with Crippen LogP contribution in [0.3, 0.4) is 0 Å². The number of hydrogen-bond acceptors (Lipinski definition) is 5. The molecule has 1 fully saturated rings. The lowest BCUT2D eigenvalue weighted by atomic mass is 9.93. The molecule has 3 aromatic carbocycles. The third kappa shape index (κ3) is 4.97. The lowest BCUT2D eigenvalue weighted by Crippen LogP contribution is -2.19. The molecule has 8 heteroatoms. The number of carbonyl (C=O) groups is 2. The molecule has 1 aliphatic carbocycles. The summed E-state index contributed by atoms with van der Waals surface area (Å²) in [4.78, 5) is 29.1. The van der Waals surface area contributed by atoms with Gasteiger partial charge < -0.3 is 14.6 Å². The van der Waals surface area contributed by atoms with Crippen molar-refractivity contribution < 1.29 is 24.2 Å². The third-order valence-electron chi connectivity index (χ3n) is 7.46. The van der Waals surface area contributed by atoms with Crippen LogP contribution in [0.15, 0.2) is 72.8 Å². The number of carbonyl (C=O) groups excluding carboxylic acids is 1. The van der Waals surface area contributed by atoms with Crippen LogP contribution in [0.25, 0.3) is 22.4 Å². The summed E-state index contributed by atoms with van der Waals surface area (Å²) in [5.74, 6) is -0.308. The molecular formula is C31H31N3O5. The van der Waals surface area contributed by atoms with Crippen molar-refractivity contribution in [2.24, 2.45) is 7.05 Å². The molecule has 1 unspecified atom stereocenters. The van der Waals surface area contributed by atoms with Crippen molar-refractivity contribution in [1.29, 1.82) is 0 Å². The number of anilines is 1. The smallest absolute Gasteiger partial charge is 0.413 e. The maximum Gasteiger partial charge on any atom is 0.413 e. The molecule has 0 aliphatic heterocycles. The highest BCUT2D eigenvalue weighted by Gasteiger charge is 2.51. The normalized spacial score (nSPS) is 14.4. The van der Waals surface area contributed by atoms with Gasteiger partial charge in [0.2, 0.25) is 0 Å². The molecule has 1 atom stereocenters. The molecular weight excluding hydrogens is 494 g/mol. The summed E-state index contributed by atoms with van der Waals surface area (Å²) in [6.07, 6.45) is 0.335. The molecule has 0 saturated heterocycles. The van der Waals surface area contributed by atoms with E-state index in [1.54, 1.807) is 11.6 Å². The zero-order valence-electron chi connectivity index (χ0n) is 22.4. The van der Waals surface area contributed by atoms with E-state index in [1.807, 2.05) is 86.6 Å². The maximum atomic E-state index is 12.9. The van der Waals surface area contributed by atoms with E-state index in [2.05, 4.69) is 10.3 Å². The molecule has 0 radical (unpaired) electrons. The Morgan fingerprint density at radius 1 is 0.974 bits per heavy atom. The van der Waals surface area contributed by atoms with Crippen molar-refractivity contribution in [3.05, 3.63) is 89.5 Å². The number of nitrogens with one attached hydrogen (secondary N) is 1. The number of aryl methyl sites for hydroxylation is 1. The molecule has 1 aliphatic rings. The minimum atomic E-state index is -0.761. The molecule has 1 aromatic heterocycles. The van der Waals surface area contributed by atoms with E-state index in [0.29, 0.717) is 30.4 Å². The largest absolute Gasteiger partial charge is 0.481 e. The van der Waals surface area contributed by atoms with Crippen LogP contribution in [0.1, 0.15) is 42.6 Å². The summed E-state index contributed by atoms with van der Waals surface area (Å²) >= 11 is 0. The van der Waals surface area contributed by atoms with Gasteiger partial charge in [0.15, 0.2) is 0 Å². The van der Waals surface area contributed by atoms with Gasteiger partial charge in [-0.05, 0) is 54.5 Å². The number of aliphatic carboxylic acids is 1. The molecule has 4 aromatic rings. The van der Waals surface area contributed by atoms with Gasteiger partial charge in [0.05, 0.1) is 12.5 Å². The number of aromatic nitrogens is 2. The van der Waals surface area contributed by atoms with E-state index in [9.17, 15) is 14.7 Å². The number of nitrogens with zero attached hydrogens (tertiary/aromatic N) is 2. The van der Waals surface area contributed by atoms with Crippen molar-refractivity contribution in [3.8, 4) is 28.4 Å². The number of hydrogen-bond donors (Lipinski definition) is 2. The molecule has 0 bridgehead atoms. The number of ether oxygens (including phenoxy) is 2. The highest BCUT2D eigenvalue weighted by molar-refractivity contribution is 5.90. The van der Waals surface area contributed by atoms with E-state index >= 15 is 0 Å². The first-order valence-electron chi connectivity index (χ1n) is 12.8. The first-order valence-corrected chi connectivity index (χ1v) is 12.8. The summed E-state index contributed by atoms with van der Waals surface area (Å²) in [5, 5.41) is 12.4. The minimum Gasteiger partial charge on any atom is -0.481 e. The lowest BCUT2D eigenvalue weighted by Gasteiger charge is -2.17. The Morgan fingerprint density at radius 2 is 1.56 bits per heavy atom. The summed E-state index contributed by atoms with van der Waals surface area (Å²) in [5.41, 5.74) is 5.41. The Bertz CT molecular complexity index is 1520. The Hall–Kier alpha value is -4.59. The minimum absolute atomic E-state index is 0.347. The van der Waals surface area contributed by atoms with Crippen LogP contribution in [-0.4, -0.2) is 33.8 Å². The Morgan fingerprint density at radius 3 is 2.13 bits per heavy atom. The first-order chi connectivity index (χ1) is 18.7. The van der Waals surface area contributed by atoms with Crippen molar-refractivity contribution >= 4 is 17.9 Å². The molecule has 1 amide bonds. The Balaban J connectivity index is 1.36. The number of benzene rings is 3. The van der Waals surface area contributed by atoms with Crippen molar-refractivity contribution in [2.75, 3.05) is 12.4 Å². The standard InChI is InChI=1S/C31H31N3O5/c1-19-7-5-6-8-25(19)20(2)39-30(37)33-27-26(32-29(38-4)34(27)3)23-11-9-21(10-12-23)22-13-15-24(16-14-22)31(17-18-31)28(35)36/h5-16,20H,17-18H2,1-4H3,(H,33,37)(H,35,36). The van der Waals surface area contributed by atoms with Gasteiger partial charge in [-0.2, -0.15) is 4.98 Å². The summed E-state index contributed by atoms with van der Waals surface area (Å²) in [6.45, 7) is 3.82. The van der Waals surface area contributed by atoms with Crippen molar-refractivity contribution in [2.45, 2.75) is 38.2 Å². The summed E-state index contributed by atoms with van der Waals surface area (Å²) in [6, 6.07) is 23.6. The predicted molar refractivity (Wildman–Crippen MR) is 149 cm³/mol. The second-order valence-corrected chi connectivity index (χ2v) is 9.93. The van der Waals surface area contributed by atoms with Gasteiger partial charge in [-0.25, -0.2) is 4.79 Å². The number of carboxylic acids is 1. The average Bonchev–Trinajstić information content (AvgIpc) is 3.70. The van der Waals surface area contributed by atoms with E-state index in [4.69, 9.17) is 9.47 Å². The van der Waals surface area contributed by atoms with Gasteiger partial charge in [0, 0.05) is 12.6 Å². The molecule has 1 saturated carbocycles. The van der Waals surface area contributed by atoms with Gasteiger partial charge in [-0.1, -0.05) is 72.8 Å². The van der Waals surface area contributed by atoms with Crippen LogP contribution in [0, 0.1) is 6.92 Å². The highest BCUT2D eigenvalue weighted by atomic mass is 16.6. The molecule has 5 rings (SSSR count). The zero-order chi connectivity index (χ0) is 27.7. The summed E-state index contributed by atoms with van der Waals surface area (Å²) in [7, 11) is 3.28. The van der Waals surface area contributed by atoms with E-state index in [-0.39, 0.29) is 0 Å². The van der Waals surface area contributed by atoms with E-state index < -0.39 is 23.6 Å². The second-order valence-electron chi connectivity index (χ2n) is 9.93.